The Morgan fingerprint density at radius 3 is 2.38 bits per heavy atom. The summed E-state index contributed by atoms with van der Waals surface area (Å²) in [4.78, 5) is 0. The summed E-state index contributed by atoms with van der Waals surface area (Å²) >= 11 is 0. The van der Waals surface area contributed by atoms with Crippen molar-refractivity contribution in [1.82, 2.24) is 5.32 Å². The van der Waals surface area contributed by atoms with Crippen molar-refractivity contribution < 1.29 is 8.78 Å². The lowest BCUT2D eigenvalue weighted by Crippen LogP contribution is -2.47. The van der Waals surface area contributed by atoms with E-state index in [2.05, 4.69) is 19.2 Å². The van der Waals surface area contributed by atoms with E-state index >= 15 is 0 Å². The number of benzene rings is 1. The molecule has 0 saturated heterocycles. The summed E-state index contributed by atoms with van der Waals surface area (Å²) in [5.74, 6) is -0.224. The molecule has 1 aromatic carbocycles. The lowest BCUT2D eigenvalue weighted by molar-refractivity contribution is 0.186. The molecule has 0 bridgehead atoms. The van der Waals surface area contributed by atoms with Crippen LogP contribution in [0.3, 0.4) is 0 Å². The van der Waals surface area contributed by atoms with Crippen molar-refractivity contribution in [2.24, 2.45) is 5.92 Å². The van der Waals surface area contributed by atoms with Gasteiger partial charge in [-0.1, -0.05) is 13.8 Å². The van der Waals surface area contributed by atoms with Crippen LogP contribution in [0.15, 0.2) is 18.2 Å². The highest BCUT2D eigenvalue weighted by Crippen LogP contribution is 2.42. The number of nitrogens with one attached hydrogen (secondary N) is 1. The van der Waals surface area contributed by atoms with Crippen LogP contribution in [-0.2, 0) is 0 Å². The molecule has 1 aromatic rings. The van der Waals surface area contributed by atoms with Crippen LogP contribution in [0.5, 0.6) is 0 Å². The molecule has 1 N–H and O–H groups in total. The molecule has 0 radical (unpaired) electrons. The van der Waals surface area contributed by atoms with E-state index in [-0.39, 0.29) is 5.92 Å². The van der Waals surface area contributed by atoms with Gasteiger partial charge in [0, 0.05) is 12.1 Å². The van der Waals surface area contributed by atoms with E-state index in [0.29, 0.717) is 12.0 Å². The minimum absolute atomic E-state index is 0.286. The molecule has 88 valence electrons. The van der Waals surface area contributed by atoms with Crippen LogP contribution in [0, 0.1) is 17.6 Å². The van der Waals surface area contributed by atoms with Crippen LogP contribution in [0.25, 0.3) is 0 Å². The molecule has 1 fully saturated rings. The van der Waals surface area contributed by atoms with E-state index in [9.17, 15) is 8.78 Å². The van der Waals surface area contributed by atoms with Crippen molar-refractivity contribution in [2.45, 2.75) is 32.2 Å². The first-order valence-electron chi connectivity index (χ1n) is 5.81. The third-order valence-corrected chi connectivity index (χ3v) is 3.56. The zero-order valence-electron chi connectivity index (χ0n) is 9.63. The highest BCUT2D eigenvalue weighted by molar-refractivity contribution is 5.26. The first-order valence-corrected chi connectivity index (χ1v) is 5.81. The molecule has 16 heavy (non-hydrogen) atoms. The van der Waals surface area contributed by atoms with Crippen molar-refractivity contribution in [2.75, 3.05) is 6.54 Å². The van der Waals surface area contributed by atoms with Gasteiger partial charge in [0.2, 0.25) is 0 Å². The summed E-state index contributed by atoms with van der Waals surface area (Å²) in [6.07, 6.45) is 0.970. The Kier molecular flexibility index (Phi) is 3.24. The van der Waals surface area contributed by atoms with E-state index in [0.717, 1.165) is 24.6 Å². The third kappa shape index (κ3) is 2.09. The first kappa shape index (κ1) is 11.5. The lowest BCUT2D eigenvalue weighted by atomic mass is 9.67. The second kappa shape index (κ2) is 4.50. The first-order chi connectivity index (χ1) is 7.61. The summed E-state index contributed by atoms with van der Waals surface area (Å²) in [5.41, 5.74) is 0.791. The van der Waals surface area contributed by atoms with Crippen molar-refractivity contribution in [3.05, 3.63) is 35.4 Å². The molecule has 0 spiro atoms. The van der Waals surface area contributed by atoms with Gasteiger partial charge < -0.3 is 5.32 Å². The predicted octanol–water partition coefficient (Wildman–Crippen LogP) is 3.07. The second-order valence-electron chi connectivity index (χ2n) is 4.57. The van der Waals surface area contributed by atoms with Gasteiger partial charge in [-0.25, -0.2) is 8.78 Å². The van der Waals surface area contributed by atoms with E-state index in [1.54, 1.807) is 0 Å². The number of hydrogen-bond acceptors (Lipinski definition) is 1. The molecule has 3 heteroatoms. The zero-order valence-corrected chi connectivity index (χ0v) is 9.63. The zero-order chi connectivity index (χ0) is 11.7. The van der Waals surface area contributed by atoms with Crippen molar-refractivity contribution in [3.8, 4) is 0 Å². The highest BCUT2D eigenvalue weighted by atomic mass is 19.1. The van der Waals surface area contributed by atoms with Gasteiger partial charge in [-0.3, -0.25) is 0 Å². The van der Waals surface area contributed by atoms with Gasteiger partial charge in [-0.2, -0.15) is 0 Å². The van der Waals surface area contributed by atoms with E-state index in [1.807, 2.05) is 0 Å². The fourth-order valence-corrected chi connectivity index (χ4v) is 2.55. The molecule has 1 nitrogen and oxygen atoms in total. The molecule has 1 aliphatic rings. The number of hydrogen-bond donors (Lipinski definition) is 1. The molecule has 3 unspecified atom stereocenters. The van der Waals surface area contributed by atoms with E-state index < -0.39 is 11.6 Å². The quantitative estimate of drug-likeness (QED) is 0.833. The van der Waals surface area contributed by atoms with E-state index in [4.69, 9.17) is 0 Å². The van der Waals surface area contributed by atoms with Gasteiger partial charge >= 0.3 is 0 Å². The molecule has 1 aliphatic carbocycles. The lowest BCUT2D eigenvalue weighted by Gasteiger charge is -2.43. The van der Waals surface area contributed by atoms with Crippen LogP contribution in [0.2, 0.25) is 0 Å². The fourth-order valence-electron chi connectivity index (χ4n) is 2.55. The Labute approximate surface area is 94.9 Å². The Balaban J connectivity index is 2.09. The summed E-state index contributed by atoms with van der Waals surface area (Å²) in [6.45, 7) is 5.14. The topological polar surface area (TPSA) is 12.0 Å². The summed E-state index contributed by atoms with van der Waals surface area (Å²) in [6, 6.07) is 4.31. The maximum absolute atomic E-state index is 13.1. The van der Waals surface area contributed by atoms with Gasteiger partial charge in [0.25, 0.3) is 0 Å². The Bertz CT molecular complexity index is 358. The smallest absolute Gasteiger partial charge is 0.126 e. The standard InChI is InChI=1S/C13H17F2N/c1-3-16-13-7-12(8(13)2)9-4-10(14)6-11(15)5-9/h4-6,8,12-13,16H,3,7H2,1-2H3. The van der Waals surface area contributed by atoms with Crippen molar-refractivity contribution in [1.29, 1.82) is 0 Å². The SMILES string of the molecule is CCNC1CC(c2cc(F)cc(F)c2)C1C. The average molecular weight is 225 g/mol. The van der Waals surface area contributed by atoms with Gasteiger partial charge in [-0.15, -0.1) is 0 Å². The Morgan fingerprint density at radius 1 is 1.25 bits per heavy atom. The normalized spacial score (nSPS) is 28.9. The molecule has 0 amide bonds. The van der Waals surface area contributed by atoms with Crippen molar-refractivity contribution in [3.63, 3.8) is 0 Å². The summed E-state index contributed by atoms with van der Waals surface area (Å²) < 4.78 is 26.1. The fraction of sp³-hybridized carbons (Fsp3) is 0.538. The maximum atomic E-state index is 13.1. The van der Waals surface area contributed by atoms with Gasteiger partial charge in [0.15, 0.2) is 0 Å². The van der Waals surface area contributed by atoms with Crippen LogP contribution in [0.1, 0.15) is 31.7 Å². The van der Waals surface area contributed by atoms with Crippen LogP contribution < -0.4 is 5.32 Å². The van der Waals surface area contributed by atoms with Crippen LogP contribution in [-0.4, -0.2) is 12.6 Å². The molecule has 0 heterocycles. The third-order valence-electron chi connectivity index (χ3n) is 3.56. The Morgan fingerprint density at radius 2 is 1.88 bits per heavy atom. The van der Waals surface area contributed by atoms with Crippen LogP contribution in [0.4, 0.5) is 8.78 Å². The molecular formula is C13H17F2N. The molecular weight excluding hydrogens is 208 g/mol. The monoisotopic (exact) mass is 225 g/mol. The van der Waals surface area contributed by atoms with Gasteiger partial charge in [0.05, 0.1) is 0 Å². The number of halogens is 2. The average Bonchev–Trinajstić information content (AvgIpc) is 2.21. The van der Waals surface area contributed by atoms with Gasteiger partial charge in [-0.05, 0) is 42.5 Å². The molecule has 0 aliphatic heterocycles. The second-order valence-corrected chi connectivity index (χ2v) is 4.57. The molecule has 1 saturated carbocycles. The van der Waals surface area contributed by atoms with Gasteiger partial charge in [0.1, 0.15) is 11.6 Å². The largest absolute Gasteiger partial charge is 0.314 e. The molecule has 3 atom stereocenters. The summed E-state index contributed by atoms with van der Waals surface area (Å²) in [5, 5.41) is 3.37. The maximum Gasteiger partial charge on any atom is 0.126 e. The molecule has 0 aromatic heterocycles. The van der Waals surface area contributed by atoms with Crippen LogP contribution >= 0.6 is 0 Å². The summed E-state index contributed by atoms with van der Waals surface area (Å²) in [7, 11) is 0. The van der Waals surface area contributed by atoms with Crippen molar-refractivity contribution >= 4 is 0 Å². The highest BCUT2D eigenvalue weighted by Gasteiger charge is 2.38. The predicted molar refractivity (Wildman–Crippen MR) is 60.3 cm³/mol. The minimum atomic E-state index is -0.478. The minimum Gasteiger partial charge on any atom is -0.314 e. The number of rotatable bonds is 3. The molecule has 2 rings (SSSR count). The van der Waals surface area contributed by atoms with E-state index in [1.165, 1.54) is 12.1 Å². The Hall–Kier alpha value is -0.960.